The summed E-state index contributed by atoms with van der Waals surface area (Å²) < 4.78 is 0. The molecule has 1 N–H and O–H groups in total. The van der Waals surface area contributed by atoms with Gasteiger partial charge < -0.3 is 5.32 Å². The highest BCUT2D eigenvalue weighted by Crippen LogP contribution is 2.23. The van der Waals surface area contributed by atoms with Gasteiger partial charge in [0.15, 0.2) is 0 Å². The molecular formula is C14H15NO2. The molecule has 1 aromatic rings. The van der Waals surface area contributed by atoms with Gasteiger partial charge in [-0.1, -0.05) is 37.6 Å². The van der Waals surface area contributed by atoms with Crippen molar-refractivity contribution < 1.29 is 9.59 Å². The molecule has 88 valence electrons. The minimum absolute atomic E-state index is 0.0840. The second-order valence-corrected chi connectivity index (χ2v) is 4.13. The van der Waals surface area contributed by atoms with Crippen LogP contribution in [0.5, 0.6) is 0 Å². The summed E-state index contributed by atoms with van der Waals surface area (Å²) in [4.78, 5) is 23.5. The van der Waals surface area contributed by atoms with Crippen LogP contribution in [-0.2, 0) is 4.79 Å². The molecule has 0 saturated heterocycles. The zero-order valence-corrected chi connectivity index (χ0v) is 9.82. The fourth-order valence-electron chi connectivity index (χ4n) is 1.84. The molecule has 0 fully saturated rings. The Morgan fingerprint density at radius 2 is 2.06 bits per heavy atom. The predicted octanol–water partition coefficient (Wildman–Crippen LogP) is 2.53. The Balaban J connectivity index is 2.06. The van der Waals surface area contributed by atoms with Gasteiger partial charge in [-0.15, -0.1) is 0 Å². The second kappa shape index (κ2) is 4.95. The molecular weight excluding hydrogens is 214 g/mol. The molecule has 0 unspecified atom stereocenters. The number of benzene rings is 1. The maximum absolute atomic E-state index is 11.9. The third kappa shape index (κ3) is 2.44. The summed E-state index contributed by atoms with van der Waals surface area (Å²) in [6.07, 6.45) is 4.03. The number of Topliss-reactive ketones (excluding diaryl/α,β-unsaturated/α-hetero) is 1. The molecule has 0 aliphatic heterocycles. The second-order valence-electron chi connectivity index (χ2n) is 4.13. The van der Waals surface area contributed by atoms with Gasteiger partial charge >= 0.3 is 0 Å². The third-order valence-corrected chi connectivity index (χ3v) is 2.78. The average molecular weight is 229 g/mol. The third-order valence-electron chi connectivity index (χ3n) is 2.78. The molecule has 17 heavy (non-hydrogen) atoms. The monoisotopic (exact) mass is 229 g/mol. The van der Waals surface area contributed by atoms with E-state index in [0.717, 1.165) is 18.4 Å². The van der Waals surface area contributed by atoms with Gasteiger partial charge in [0.1, 0.15) is 0 Å². The van der Waals surface area contributed by atoms with Gasteiger partial charge in [0.25, 0.3) is 0 Å². The number of nitrogens with one attached hydrogen (secondary N) is 1. The van der Waals surface area contributed by atoms with Crippen molar-refractivity contribution in [3.05, 3.63) is 41.1 Å². The van der Waals surface area contributed by atoms with E-state index in [1.807, 2.05) is 25.1 Å². The lowest BCUT2D eigenvalue weighted by Gasteiger charge is -2.03. The number of rotatable bonds is 4. The number of carbonyl (C=O) groups excluding carboxylic acids is 2. The van der Waals surface area contributed by atoms with Crippen molar-refractivity contribution in [2.24, 2.45) is 0 Å². The number of hydrogen-bond donors (Lipinski definition) is 1. The van der Waals surface area contributed by atoms with Gasteiger partial charge in [-0.25, -0.2) is 0 Å². The maximum atomic E-state index is 11.9. The van der Waals surface area contributed by atoms with Crippen LogP contribution in [0.3, 0.4) is 0 Å². The number of amides is 1. The predicted molar refractivity (Wildman–Crippen MR) is 66.4 cm³/mol. The van der Waals surface area contributed by atoms with Gasteiger partial charge in [0, 0.05) is 12.0 Å². The molecule has 0 heterocycles. The topological polar surface area (TPSA) is 46.2 Å². The molecule has 1 aromatic carbocycles. The first kappa shape index (κ1) is 11.6. The van der Waals surface area contributed by atoms with Crippen molar-refractivity contribution in [3.63, 3.8) is 0 Å². The molecule has 0 bridgehead atoms. The molecule has 0 aromatic heterocycles. The van der Waals surface area contributed by atoms with Crippen LogP contribution in [0.2, 0.25) is 0 Å². The van der Waals surface area contributed by atoms with Crippen molar-refractivity contribution in [2.75, 3.05) is 0 Å². The van der Waals surface area contributed by atoms with Gasteiger partial charge in [0.05, 0.1) is 5.70 Å². The van der Waals surface area contributed by atoms with Crippen molar-refractivity contribution in [1.29, 1.82) is 0 Å². The van der Waals surface area contributed by atoms with E-state index in [1.54, 1.807) is 12.1 Å². The van der Waals surface area contributed by atoms with Crippen LogP contribution in [0.1, 0.15) is 42.1 Å². The van der Waals surface area contributed by atoms with Crippen LogP contribution in [0.15, 0.2) is 30.0 Å². The van der Waals surface area contributed by atoms with Crippen LogP contribution in [0, 0.1) is 0 Å². The Bertz CT molecular complexity index is 489. The lowest BCUT2D eigenvalue weighted by Crippen LogP contribution is -2.25. The quantitative estimate of drug-likeness (QED) is 0.862. The number of hydrogen-bond acceptors (Lipinski definition) is 2. The van der Waals surface area contributed by atoms with Gasteiger partial charge in [0.2, 0.25) is 11.7 Å². The minimum Gasteiger partial charge on any atom is -0.323 e. The number of fused-ring (bicyclic) bond motifs is 1. The van der Waals surface area contributed by atoms with Gasteiger partial charge in [-0.3, -0.25) is 9.59 Å². The van der Waals surface area contributed by atoms with Gasteiger partial charge in [-0.05, 0) is 18.1 Å². The highest BCUT2D eigenvalue weighted by atomic mass is 16.2. The van der Waals surface area contributed by atoms with E-state index in [2.05, 4.69) is 5.32 Å². The summed E-state index contributed by atoms with van der Waals surface area (Å²) in [7, 11) is 0. The highest BCUT2D eigenvalue weighted by molar-refractivity contribution is 6.18. The van der Waals surface area contributed by atoms with E-state index in [-0.39, 0.29) is 11.7 Å². The first-order chi connectivity index (χ1) is 8.22. The Morgan fingerprint density at radius 1 is 1.29 bits per heavy atom. The van der Waals surface area contributed by atoms with E-state index in [1.165, 1.54) is 0 Å². The fourth-order valence-corrected chi connectivity index (χ4v) is 1.84. The van der Waals surface area contributed by atoms with Crippen LogP contribution < -0.4 is 5.32 Å². The molecule has 3 nitrogen and oxygen atoms in total. The maximum Gasteiger partial charge on any atom is 0.224 e. The van der Waals surface area contributed by atoms with E-state index in [9.17, 15) is 9.59 Å². The van der Waals surface area contributed by atoms with Crippen molar-refractivity contribution in [3.8, 4) is 0 Å². The van der Waals surface area contributed by atoms with Gasteiger partial charge in [-0.2, -0.15) is 0 Å². The largest absolute Gasteiger partial charge is 0.323 e. The van der Waals surface area contributed by atoms with Crippen molar-refractivity contribution in [2.45, 2.75) is 26.2 Å². The minimum atomic E-state index is -0.0922. The summed E-state index contributed by atoms with van der Waals surface area (Å²) in [5.41, 5.74) is 1.94. The molecule has 1 amide bonds. The summed E-state index contributed by atoms with van der Waals surface area (Å²) >= 11 is 0. The summed E-state index contributed by atoms with van der Waals surface area (Å²) in [6, 6.07) is 7.36. The summed E-state index contributed by atoms with van der Waals surface area (Å²) in [5.74, 6) is -0.176. The normalized spacial score (nSPS) is 13.2. The van der Waals surface area contributed by atoms with Crippen molar-refractivity contribution >= 4 is 17.8 Å². The lowest BCUT2D eigenvalue weighted by atomic mass is 10.1. The van der Waals surface area contributed by atoms with Crippen LogP contribution in [0.25, 0.3) is 6.08 Å². The van der Waals surface area contributed by atoms with E-state index >= 15 is 0 Å². The Hall–Kier alpha value is -1.90. The van der Waals surface area contributed by atoms with Crippen LogP contribution in [-0.4, -0.2) is 11.7 Å². The summed E-state index contributed by atoms with van der Waals surface area (Å²) in [6.45, 7) is 2.03. The molecule has 0 radical (unpaired) electrons. The fraction of sp³-hybridized carbons (Fsp3) is 0.286. The number of allylic oxidation sites excluding steroid dienone is 1. The van der Waals surface area contributed by atoms with E-state index < -0.39 is 0 Å². The molecule has 2 rings (SSSR count). The Morgan fingerprint density at radius 3 is 2.76 bits per heavy atom. The summed E-state index contributed by atoms with van der Waals surface area (Å²) in [5, 5.41) is 2.68. The number of ketones is 1. The Labute approximate surface area is 101 Å². The molecule has 1 aliphatic rings. The molecule has 0 spiro atoms. The standard InChI is InChI=1S/C14H15NO2/c1-2-3-8-13(16)15-12-9-10-6-4-5-7-11(10)14(12)17/h4-7,9H,2-3,8H2,1H3,(H,15,16,17). The average Bonchev–Trinajstić information content (AvgIpc) is 2.64. The molecule has 0 atom stereocenters. The molecule has 0 saturated carbocycles. The van der Waals surface area contributed by atoms with Crippen molar-refractivity contribution in [1.82, 2.24) is 5.32 Å². The Kier molecular flexibility index (Phi) is 3.38. The SMILES string of the molecule is CCCCC(=O)NC1=Cc2ccccc2C1=O. The first-order valence-corrected chi connectivity index (χ1v) is 5.87. The zero-order valence-electron chi connectivity index (χ0n) is 9.82. The lowest BCUT2D eigenvalue weighted by molar-refractivity contribution is -0.120. The zero-order chi connectivity index (χ0) is 12.3. The van der Waals surface area contributed by atoms with E-state index in [0.29, 0.717) is 17.7 Å². The number of unbranched alkanes of at least 4 members (excludes halogenated alkanes) is 1. The first-order valence-electron chi connectivity index (χ1n) is 5.87. The molecule has 1 aliphatic carbocycles. The van der Waals surface area contributed by atoms with E-state index in [4.69, 9.17) is 0 Å². The smallest absolute Gasteiger partial charge is 0.224 e. The number of carbonyl (C=O) groups is 2. The van der Waals surface area contributed by atoms with Crippen LogP contribution >= 0.6 is 0 Å². The molecule has 3 heteroatoms. The van der Waals surface area contributed by atoms with Crippen LogP contribution in [0.4, 0.5) is 0 Å². The highest BCUT2D eigenvalue weighted by Gasteiger charge is 2.22.